The average molecular weight is 198 g/mol. The Morgan fingerprint density at radius 3 is 2.36 bits per heavy atom. The second kappa shape index (κ2) is 3.26. The molecule has 0 radical (unpaired) electrons. The van der Waals surface area contributed by atoms with E-state index in [1.54, 1.807) is 0 Å². The van der Waals surface area contributed by atoms with Crippen molar-refractivity contribution in [3.05, 3.63) is 0 Å². The van der Waals surface area contributed by atoms with Crippen LogP contribution in [0.2, 0.25) is 0 Å². The van der Waals surface area contributed by atoms with Crippen LogP contribution in [-0.4, -0.2) is 23.1 Å². The van der Waals surface area contributed by atoms with Crippen LogP contribution in [0, 0.1) is 17.8 Å². The van der Waals surface area contributed by atoms with Gasteiger partial charge in [0, 0.05) is 0 Å². The Balaban J connectivity index is 1.91. The summed E-state index contributed by atoms with van der Waals surface area (Å²) in [4.78, 5) is 21.1. The predicted molar refractivity (Wildman–Crippen MR) is 47.5 cm³/mol. The number of hydrogen-bond donors (Lipinski definition) is 1. The first-order chi connectivity index (χ1) is 6.58. The number of carbonyl (C=O) groups is 2. The highest BCUT2D eigenvalue weighted by atomic mass is 16.6. The summed E-state index contributed by atoms with van der Waals surface area (Å²) in [5, 5.41) is 8.39. The summed E-state index contributed by atoms with van der Waals surface area (Å²) in [7, 11) is 0. The van der Waals surface area contributed by atoms with Gasteiger partial charge in [-0.15, -0.1) is 0 Å². The molecule has 2 rings (SSSR count). The first kappa shape index (κ1) is 9.49. The van der Waals surface area contributed by atoms with E-state index in [4.69, 9.17) is 9.84 Å². The van der Waals surface area contributed by atoms with E-state index in [9.17, 15) is 9.59 Å². The average Bonchev–Trinajstić information content (AvgIpc) is 2.62. The molecule has 4 nitrogen and oxygen atoms in total. The molecule has 2 aliphatic rings. The van der Waals surface area contributed by atoms with Gasteiger partial charge in [-0.1, -0.05) is 6.92 Å². The maximum atomic E-state index is 10.8. The van der Waals surface area contributed by atoms with Crippen LogP contribution in [0.1, 0.15) is 26.2 Å². The normalized spacial score (nSPS) is 39.8. The molecule has 2 fully saturated rings. The monoisotopic (exact) mass is 198 g/mol. The summed E-state index contributed by atoms with van der Waals surface area (Å²) in [6.07, 6.45) is 2.88. The third kappa shape index (κ3) is 1.49. The van der Waals surface area contributed by atoms with Crippen molar-refractivity contribution in [2.24, 2.45) is 17.8 Å². The summed E-state index contributed by atoms with van der Waals surface area (Å²) in [6.45, 7) is 2.21. The maximum Gasteiger partial charge on any atom is 0.417 e. The third-order valence-corrected chi connectivity index (χ3v) is 3.58. The van der Waals surface area contributed by atoms with Crippen LogP contribution in [-0.2, 0) is 14.3 Å². The fourth-order valence-corrected chi connectivity index (χ4v) is 2.84. The van der Waals surface area contributed by atoms with E-state index < -0.39 is 11.9 Å². The van der Waals surface area contributed by atoms with E-state index in [1.807, 2.05) is 0 Å². The molecule has 14 heavy (non-hydrogen) atoms. The molecule has 0 saturated heterocycles. The van der Waals surface area contributed by atoms with Crippen molar-refractivity contribution in [1.82, 2.24) is 0 Å². The topological polar surface area (TPSA) is 63.6 Å². The van der Waals surface area contributed by atoms with Gasteiger partial charge < -0.3 is 9.84 Å². The first-order valence-electron chi connectivity index (χ1n) is 5.02. The van der Waals surface area contributed by atoms with E-state index in [2.05, 4.69) is 6.92 Å². The Hall–Kier alpha value is -1.06. The molecular weight excluding hydrogens is 184 g/mol. The molecule has 78 valence electrons. The minimum Gasteiger partial charge on any atom is -0.473 e. The van der Waals surface area contributed by atoms with Crippen molar-refractivity contribution in [3.8, 4) is 0 Å². The molecule has 0 aromatic rings. The van der Waals surface area contributed by atoms with Crippen molar-refractivity contribution in [3.63, 3.8) is 0 Å². The fraction of sp³-hybridized carbons (Fsp3) is 0.800. The summed E-state index contributed by atoms with van der Waals surface area (Å²) in [5.74, 6) is -0.847. The largest absolute Gasteiger partial charge is 0.473 e. The lowest BCUT2D eigenvalue weighted by molar-refractivity contribution is -0.169. The van der Waals surface area contributed by atoms with E-state index in [0.29, 0.717) is 17.8 Å². The van der Waals surface area contributed by atoms with Crippen LogP contribution < -0.4 is 0 Å². The van der Waals surface area contributed by atoms with Crippen molar-refractivity contribution >= 4 is 11.9 Å². The maximum absolute atomic E-state index is 10.8. The zero-order valence-electron chi connectivity index (χ0n) is 8.10. The zero-order valence-corrected chi connectivity index (χ0v) is 8.10. The minimum absolute atomic E-state index is 0.139. The summed E-state index contributed by atoms with van der Waals surface area (Å²) < 4.78 is 4.92. The number of carbonyl (C=O) groups excluding carboxylic acids is 1. The van der Waals surface area contributed by atoms with Crippen molar-refractivity contribution in [2.75, 3.05) is 0 Å². The van der Waals surface area contributed by atoms with Gasteiger partial charge in [-0.05, 0) is 37.0 Å². The predicted octanol–water partition coefficient (Wildman–Crippen LogP) is 1.05. The van der Waals surface area contributed by atoms with Crippen LogP contribution in [0.5, 0.6) is 0 Å². The van der Waals surface area contributed by atoms with Gasteiger partial charge in [0.2, 0.25) is 0 Å². The van der Waals surface area contributed by atoms with Gasteiger partial charge in [-0.3, -0.25) is 0 Å². The fourth-order valence-electron chi connectivity index (χ4n) is 2.84. The van der Waals surface area contributed by atoms with Gasteiger partial charge in [0.05, 0.1) is 0 Å². The molecule has 2 bridgehead atoms. The lowest BCUT2D eigenvalue weighted by atomic mass is 9.89. The molecule has 0 aromatic heterocycles. The van der Waals surface area contributed by atoms with Gasteiger partial charge in [0.1, 0.15) is 6.10 Å². The Bertz CT molecular complexity index is 271. The molecule has 2 saturated carbocycles. The minimum atomic E-state index is -1.49. The molecule has 0 aromatic carbocycles. The standard InChI is InChI=1S/C10H14O4/c1-5-2-7-3-6(5)4-8(7)14-10(13)9(11)12/h5-8H,2-4H2,1H3,(H,11,12)/t5-,6+,7-,8-/m1/s1. The molecule has 0 heterocycles. The van der Waals surface area contributed by atoms with Crippen molar-refractivity contribution in [2.45, 2.75) is 32.3 Å². The number of esters is 1. The van der Waals surface area contributed by atoms with Gasteiger partial charge in [0.25, 0.3) is 0 Å². The number of carboxylic acid groups (broad SMARTS) is 1. The molecule has 0 amide bonds. The summed E-state index contributed by atoms with van der Waals surface area (Å²) >= 11 is 0. The second-order valence-electron chi connectivity index (χ2n) is 4.45. The Kier molecular flexibility index (Phi) is 2.21. The Morgan fingerprint density at radius 2 is 1.93 bits per heavy atom. The quantitative estimate of drug-likeness (QED) is 0.505. The molecule has 1 N–H and O–H groups in total. The van der Waals surface area contributed by atoms with E-state index >= 15 is 0 Å². The zero-order chi connectivity index (χ0) is 10.3. The van der Waals surface area contributed by atoms with Gasteiger partial charge in [-0.2, -0.15) is 0 Å². The lowest BCUT2D eigenvalue weighted by Crippen LogP contribution is -2.29. The van der Waals surface area contributed by atoms with Crippen LogP contribution in [0.15, 0.2) is 0 Å². The molecule has 4 atom stereocenters. The lowest BCUT2D eigenvalue weighted by Gasteiger charge is -2.24. The molecule has 0 spiro atoms. The SMILES string of the molecule is C[C@@H]1C[C@@H]2C[C@H]1C[C@H]2OC(=O)C(=O)O. The number of rotatable bonds is 1. The highest BCUT2D eigenvalue weighted by Gasteiger charge is 2.46. The van der Waals surface area contributed by atoms with Gasteiger partial charge in [0.15, 0.2) is 0 Å². The van der Waals surface area contributed by atoms with Crippen molar-refractivity contribution < 1.29 is 19.4 Å². The van der Waals surface area contributed by atoms with Gasteiger partial charge >= 0.3 is 11.9 Å². The summed E-state index contributed by atoms with van der Waals surface area (Å²) in [5.41, 5.74) is 0. The number of carboxylic acids is 1. The van der Waals surface area contributed by atoms with Gasteiger partial charge in [-0.25, -0.2) is 9.59 Å². The third-order valence-electron chi connectivity index (χ3n) is 3.58. The highest BCUT2D eigenvalue weighted by molar-refractivity contribution is 6.28. The molecule has 4 heteroatoms. The molecule has 0 unspecified atom stereocenters. The van der Waals surface area contributed by atoms with E-state index in [1.165, 1.54) is 0 Å². The van der Waals surface area contributed by atoms with Crippen LogP contribution in [0.25, 0.3) is 0 Å². The Morgan fingerprint density at radius 1 is 1.21 bits per heavy atom. The second-order valence-corrected chi connectivity index (χ2v) is 4.45. The smallest absolute Gasteiger partial charge is 0.417 e. The summed E-state index contributed by atoms with van der Waals surface area (Å²) in [6, 6.07) is 0. The van der Waals surface area contributed by atoms with Crippen LogP contribution >= 0.6 is 0 Å². The van der Waals surface area contributed by atoms with Crippen LogP contribution in [0.3, 0.4) is 0 Å². The number of fused-ring (bicyclic) bond motifs is 2. The number of hydrogen-bond acceptors (Lipinski definition) is 3. The van der Waals surface area contributed by atoms with E-state index in [-0.39, 0.29) is 6.10 Å². The first-order valence-corrected chi connectivity index (χ1v) is 5.02. The number of aliphatic carboxylic acids is 1. The highest BCUT2D eigenvalue weighted by Crippen LogP contribution is 2.49. The van der Waals surface area contributed by atoms with Crippen molar-refractivity contribution in [1.29, 1.82) is 0 Å². The molecular formula is C10H14O4. The van der Waals surface area contributed by atoms with Crippen LogP contribution in [0.4, 0.5) is 0 Å². The molecule has 0 aliphatic heterocycles. The van der Waals surface area contributed by atoms with E-state index in [0.717, 1.165) is 19.3 Å². The molecule has 2 aliphatic carbocycles. The number of ether oxygens (including phenoxy) is 1. The Labute approximate surface area is 82.2 Å².